The fourth-order valence-electron chi connectivity index (χ4n) is 2.69. The van der Waals surface area contributed by atoms with E-state index in [1.165, 1.54) is 13.2 Å². The molecular formula is C16H18FN3O3S. The molecule has 0 bridgehead atoms. The predicted molar refractivity (Wildman–Crippen MR) is 85.9 cm³/mol. The van der Waals surface area contributed by atoms with Crippen LogP contribution in [0.15, 0.2) is 29.6 Å². The Morgan fingerprint density at radius 2 is 2.17 bits per heavy atom. The number of rotatable bonds is 4. The van der Waals surface area contributed by atoms with Gasteiger partial charge in [-0.05, 0) is 6.07 Å². The van der Waals surface area contributed by atoms with Crippen LogP contribution in [0.5, 0.6) is 5.75 Å². The quantitative estimate of drug-likeness (QED) is 0.779. The van der Waals surface area contributed by atoms with Gasteiger partial charge in [0.1, 0.15) is 11.6 Å². The molecule has 1 aromatic carbocycles. The summed E-state index contributed by atoms with van der Waals surface area (Å²) < 4.78 is 42.1. The Balaban J connectivity index is 1.76. The van der Waals surface area contributed by atoms with Crippen LogP contribution in [0, 0.1) is 5.82 Å². The molecular weight excluding hydrogens is 333 g/mol. The highest BCUT2D eigenvalue weighted by Crippen LogP contribution is 2.22. The van der Waals surface area contributed by atoms with E-state index in [1.807, 2.05) is 0 Å². The van der Waals surface area contributed by atoms with Crippen LogP contribution in [-0.4, -0.2) is 43.2 Å². The van der Waals surface area contributed by atoms with Gasteiger partial charge in [-0.1, -0.05) is 6.07 Å². The minimum Gasteiger partial charge on any atom is -0.497 e. The maximum absolute atomic E-state index is 14.1. The van der Waals surface area contributed by atoms with Gasteiger partial charge in [-0.2, -0.15) is 0 Å². The van der Waals surface area contributed by atoms with E-state index in [9.17, 15) is 12.8 Å². The first-order chi connectivity index (χ1) is 11.4. The highest BCUT2D eigenvalue weighted by Gasteiger charge is 2.21. The monoisotopic (exact) mass is 351 g/mol. The molecule has 1 aliphatic rings. The summed E-state index contributed by atoms with van der Waals surface area (Å²) in [6, 6.07) is 4.82. The summed E-state index contributed by atoms with van der Waals surface area (Å²) in [5.41, 5.74) is 2.22. The van der Waals surface area contributed by atoms with Gasteiger partial charge in [0.2, 0.25) is 15.0 Å². The fraction of sp³-hybridized carbons (Fsp3) is 0.375. The number of ether oxygens (including phenoxy) is 1. The van der Waals surface area contributed by atoms with Crippen molar-refractivity contribution in [2.24, 2.45) is 0 Å². The summed E-state index contributed by atoms with van der Waals surface area (Å²) in [7, 11) is -1.91. The summed E-state index contributed by atoms with van der Waals surface area (Å²) >= 11 is 0. The second kappa shape index (κ2) is 6.45. The van der Waals surface area contributed by atoms with Crippen molar-refractivity contribution in [1.29, 1.82) is 0 Å². The van der Waals surface area contributed by atoms with E-state index in [4.69, 9.17) is 4.74 Å². The van der Waals surface area contributed by atoms with E-state index in [0.717, 1.165) is 17.5 Å². The molecule has 0 saturated heterocycles. The Bertz CT molecular complexity index is 871. The van der Waals surface area contributed by atoms with Crippen molar-refractivity contribution in [3.05, 3.63) is 47.0 Å². The van der Waals surface area contributed by atoms with E-state index in [1.54, 1.807) is 18.3 Å². The maximum Gasteiger partial charge on any atom is 0.246 e. The molecule has 8 heteroatoms. The van der Waals surface area contributed by atoms with Crippen LogP contribution in [-0.2, 0) is 29.3 Å². The summed E-state index contributed by atoms with van der Waals surface area (Å²) in [4.78, 5) is 10.2. The lowest BCUT2D eigenvalue weighted by Gasteiger charge is -2.28. The zero-order valence-corrected chi connectivity index (χ0v) is 14.3. The van der Waals surface area contributed by atoms with Gasteiger partial charge in [-0.25, -0.2) is 22.8 Å². The molecule has 0 amide bonds. The zero-order valence-electron chi connectivity index (χ0n) is 13.5. The van der Waals surface area contributed by atoms with Gasteiger partial charge in [0.05, 0.1) is 12.8 Å². The van der Waals surface area contributed by atoms with E-state index < -0.39 is 9.84 Å². The number of aromatic nitrogens is 2. The van der Waals surface area contributed by atoms with Crippen molar-refractivity contribution < 1.29 is 17.5 Å². The van der Waals surface area contributed by atoms with Crippen molar-refractivity contribution in [3.63, 3.8) is 0 Å². The molecule has 1 aromatic heterocycles. The van der Waals surface area contributed by atoms with Crippen LogP contribution in [0.3, 0.4) is 0 Å². The molecule has 0 N–H and O–H groups in total. The molecule has 0 radical (unpaired) electrons. The third kappa shape index (κ3) is 3.54. The van der Waals surface area contributed by atoms with Crippen LogP contribution in [0.1, 0.15) is 16.8 Å². The van der Waals surface area contributed by atoms with Gasteiger partial charge in [-0.15, -0.1) is 0 Å². The Hall–Kier alpha value is -2.06. The number of methoxy groups -OCH3 is 1. The molecule has 1 aliphatic heterocycles. The van der Waals surface area contributed by atoms with Gasteiger partial charge in [0, 0.05) is 55.7 Å². The standard InChI is InChI=1S/C16H18FN3O3S/c1-23-13-4-3-11(14(17)7-13)9-20-6-5-15-12(10-20)8-18-16(19-15)24(2,21)22/h3-4,7-8H,5-6,9-10H2,1-2H3. The second-order valence-electron chi connectivity index (χ2n) is 5.81. The summed E-state index contributed by atoms with van der Waals surface area (Å²) in [5, 5.41) is -0.143. The van der Waals surface area contributed by atoms with Crippen LogP contribution < -0.4 is 4.74 Å². The Labute approximate surface area is 140 Å². The highest BCUT2D eigenvalue weighted by atomic mass is 32.2. The molecule has 0 aliphatic carbocycles. The predicted octanol–water partition coefficient (Wildman–Crippen LogP) is 1.59. The van der Waals surface area contributed by atoms with Crippen LogP contribution >= 0.6 is 0 Å². The smallest absolute Gasteiger partial charge is 0.246 e. The van der Waals surface area contributed by atoms with Gasteiger partial charge in [0.15, 0.2) is 0 Å². The molecule has 3 rings (SSSR count). The van der Waals surface area contributed by atoms with Crippen molar-refractivity contribution in [1.82, 2.24) is 14.9 Å². The molecule has 2 heterocycles. The van der Waals surface area contributed by atoms with E-state index in [2.05, 4.69) is 14.9 Å². The molecule has 6 nitrogen and oxygen atoms in total. The SMILES string of the molecule is COc1ccc(CN2CCc3nc(S(C)(=O)=O)ncc3C2)c(F)c1. The number of nitrogens with zero attached hydrogens (tertiary/aromatic N) is 3. The Morgan fingerprint density at radius 1 is 1.38 bits per heavy atom. The minimum absolute atomic E-state index is 0.143. The first kappa shape index (κ1) is 16.8. The summed E-state index contributed by atoms with van der Waals surface area (Å²) in [5.74, 6) is 0.186. The van der Waals surface area contributed by atoms with Gasteiger partial charge in [0.25, 0.3) is 0 Å². The molecule has 0 unspecified atom stereocenters. The minimum atomic E-state index is -3.41. The molecule has 128 valence electrons. The maximum atomic E-state index is 14.1. The lowest BCUT2D eigenvalue weighted by Crippen LogP contribution is -2.31. The molecule has 0 saturated carbocycles. The van der Waals surface area contributed by atoms with E-state index in [-0.39, 0.29) is 11.0 Å². The van der Waals surface area contributed by atoms with Crippen molar-refractivity contribution in [2.75, 3.05) is 19.9 Å². The first-order valence-electron chi connectivity index (χ1n) is 7.46. The number of sulfone groups is 1. The number of benzene rings is 1. The normalized spacial score (nSPS) is 15.1. The van der Waals surface area contributed by atoms with Crippen molar-refractivity contribution in [3.8, 4) is 5.75 Å². The molecule has 0 atom stereocenters. The van der Waals surface area contributed by atoms with E-state index >= 15 is 0 Å². The highest BCUT2D eigenvalue weighted by molar-refractivity contribution is 7.90. The lowest BCUT2D eigenvalue weighted by atomic mass is 10.1. The third-order valence-electron chi connectivity index (χ3n) is 3.98. The number of halogens is 1. The average molecular weight is 351 g/mol. The number of fused-ring (bicyclic) bond motifs is 1. The number of hydrogen-bond donors (Lipinski definition) is 0. The lowest BCUT2D eigenvalue weighted by molar-refractivity contribution is 0.238. The molecule has 24 heavy (non-hydrogen) atoms. The van der Waals surface area contributed by atoms with Crippen LogP contribution in [0.4, 0.5) is 4.39 Å². The Morgan fingerprint density at radius 3 is 2.83 bits per heavy atom. The summed E-state index contributed by atoms with van der Waals surface area (Å²) in [6.45, 7) is 1.70. The molecule has 0 fully saturated rings. The average Bonchev–Trinajstić information content (AvgIpc) is 2.55. The van der Waals surface area contributed by atoms with E-state index in [0.29, 0.717) is 37.4 Å². The first-order valence-corrected chi connectivity index (χ1v) is 9.35. The van der Waals surface area contributed by atoms with Gasteiger partial charge < -0.3 is 4.74 Å². The van der Waals surface area contributed by atoms with Crippen LogP contribution in [0.25, 0.3) is 0 Å². The van der Waals surface area contributed by atoms with Crippen molar-refractivity contribution in [2.45, 2.75) is 24.7 Å². The Kier molecular flexibility index (Phi) is 4.51. The zero-order chi connectivity index (χ0) is 17.3. The van der Waals surface area contributed by atoms with Gasteiger partial charge >= 0.3 is 0 Å². The van der Waals surface area contributed by atoms with Gasteiger partial charge in [-0.3, -0.25) is 4.90 Å². The van der Waals surface area contributed by atoms with Crippen LogP contribution in [0.2, 0.25) is 0 Å². The number of hydrogen-bond acceptors (Lipinski definition) is 6. The molecule has 2 aromatic rings. The topological polar surface area (TPSA) is 72.4 Å². The second-order valence-corrected chi connectivity index (χ2v) is 7.72. The molecule has 0 spiro atoms. The fourth-order valence-corrected chi connectivity index (χ4v) is 3.21. The third-order valence-corrected chi connectivity index (χ3v) is 4.84. The van der Waals surface area contributed by atoms with Crippen molar-refractivity contribution >= 4 is 9.84 Å². The summed E-state index contributed by atoms with van der Waals surface area (Å²) in [6.07, 6.45) is 3.25. The largest absolute Gasteiger partial charge is 0.497 e.